The number of pyridine rings is 1. The molecule has 3 rings (SSSR count). The highest BCUT2D eigenvalue weighted by molar-refractivity contribution is 5.74. The summed E-state index contributed by atoms with van der Waals surface area (Å²) in [6.45, 7) is 0.697. The molecule has 0 radical (unpaired) electrons. The zero-order valence-electron chi connectivity index (χ0n) is 27.1. The number of nitrogens with one attached hydrogen (secondary N) is 4. The summed E-state index contributed by atoms with van der Waals surface area (Å²) in [6, 6.07) is 0.844. The molecule has 1 aromatic rings. The topological polar surface area (TPSA) is 311 Å². The van der Waals surface area contributed by atoms with Crippen LogP contribution in [0.3, 0.4) is 0 Å². The number of amides is 3. The Labute approximate surface area is 281 Å². The van der Waals surface area contributed by atoms with Gasteiger partial charge in [-0.25, -0.2) is 4.98 Å². The molecule has 3 amide bonds. The number of ether oxygens (including phenoxy) is 4. The number of hydrogen-bond acceptors (Lipinski definition) is 17. The highest BCUT2D eigenvalue weighted by atomic mass is 16.7. The lowest BCUT2D eigenvalue weighted by Gasteiger charge is -2.48. The fraction of sp³-hybridized carbons (Fsp3) is 0.724. The van der Waals surface area contributed by atoms with Gasteiger partial charge in [-0.2, -0.15) is 0 Å². The van der Waals surface area contributed by atoms with Gasteiger partial charge in [0.25, 0.3) is 0 Å². The monoisotopic (exact) mass is 705 g/mol. The lowest BCUT2D eigenvalue weighted by atomic mass is 9.94. The minimum Gasteiger partial charge on any atom is -0.394 e. The van der Waals surface area contributed by atoms with Crippen LogP contribution in [0.4, 0.5) is 5.82 Å². The van der Waals surface area contributed by atoms with E-state index in [1.807, 2.05) is 0 Å². The largest absolute Gasteiger partial charge is 0.394 e. The molecule has 2 aliphatic rings. The Balaban J connectivity index is 1.90. The van der Waals surface area contributed by atoms with Crippen molar-refractivity contribution in [2.45, 2.75) is 106 Å². The van der Waals surface area contributed by atoms with E-state index < -0.39 is 123 Å². The number of nitrogens with zero attached hydrogens (tertiary/aromatic N) is 1. The van der Waals surface area contributed by atoms with Gasteiger partial charge in [0.15, 0.2) is 12.6 Å². The fourth-order valence-corrected chi connectivity index (χ4v) is 5.57. The smallest absolute Gasteiger partial charge is 0.217 e. The number of aliphatic hydroxyl groups excluding tert-OH is 8. The SMILES string of the molecule is CC(=O)N[C@H]1[C@H](O[C@@H]([C@H](O)[C@H](CNc2ccccn2)NC(C)=O)[C@H](O)CO)O[C@H](CO)[C@@H](O[C@@H]2O[C@H](CO)[C@@H](O)[C@H](O)[C@H]2NC(C)=O)[C@@H]1O. The maximum absolute atomic E-state index is 12.3. The first-order valence-corrected chi connectivity index (χ1v) is 15.5. The van der Waals surface area contributed by atoms with Gasteiger partial charge in [0.05, 0.1) is 25.9 Å². The van der Waals surface area contributed by atoms with Crippen LogP contribution in [0.1, 0.15) is 20.8 Å². The third-order valence-electron chi connectivity index (χ3n) is 7.93. The molecular weight excluding hydrogens is 658 g/mol. The quantitative estimate of drug-likeness (QED) is 0.0762. The molecule has 0 unspecified atom stereocenters. The molecule has 278 valence electrons. The highest BCUT2D eigenvalue weighted by Gasteiger charge is 2.53. The van der Waals surface area contributed by atoms with Crippen LogP contribution in [0.2, 0.25) is 0 Å². The summed E-state index contributed by atoms with van der Waals surface area (Å²) in [5, 5.41) is 94.6. The van der Waals surface area contributed by atoms with Gasteiger partial charge in [-0.3, -0.25) is 14.4 Å². The molecule has 0 saturated carbocycles. The third kappa shape index (κ3) is 10.7. The van der Waals surface area contributed by atoms with Crippen LogP contribution in [-0.4, -0.2) is 176 Å². The standard InChI is InChI=1S/C29H47N5O15/c1-12(38)32-15(8-31-19-6-4-5-7-30-19)22(42)26(16(41)9-35)48-29-21(34-14(3)40)25(45)27(18(11-37)47-29)49-28-20(33-13(2)39)24(44)23(43)17(10-36)46-28/h4-7,15-18,20-29,35-37,41-45H,8-11H2,1-3H3,(H,30,31)(H,32,38)(H,33,39)(H,34,40)/t15-,16+,17+,18+,20+,21+,22+,23+,24+,25+,26+,27+,28-,29-/m0/s1. The second kappa shape index (κ2) is 18.8. The summed E-state index contributed by atoms with van der Waals surface area (Å²) in [5.74, 6) is -1.53. The molecule has 2 saturated heterocycles. The summed E-state index contributed by atoms with van der Waals surface area (Å²) in [5.41, 5.74) is 0. The first-order chi connectivity index (χ1) is 23.2. The van der Waals surface area contributed by atoms with Crippen LogP contribution < -0.4 is 21.3 Å². The van der Waals surface area contributed by atoms with E-state index in [4.69, 9.17) is 18.9 Å². The molecule has 14 atom stereocenters. The maximum Gasteiger partial charge on any atom is 0.217 e. The van der Waals surface area contributed by atoms with Crippen molar-refractivity contribution in [3.05, 3.63) is 24.4 Å². The molecule has 0 bridgehead atoms. The number of anilines is 1. The van der Waals surface area contributed by atoms with E-state index in [0.29, 0.717) is 5.82 Å². The van der Waals surface area contributed by atoms with Crippen molar-refractivity contribution in [1.82, 2.24) is 20.9 Å². The number of rotatable bonds is 16. The van der Waals surface area contributed by atoms with Gasteiger partial charge < -0.3 is 81.1 Å². The number of hydrogen-bond donors (Lipinski definition) is 12. The normalized spacial score (nSPS) is 32.6. The molecule has 1 aromatic heterocycles. The molecule has 0 spiro atoms. The van der Waals surface area contributed by atoms with Crippen LogP contribution >= 0.6 is 0 Å². The van der Waals surface area contributed by atoms with Crippen molar-refractivity contribution < 1.29 is 74.2 Å². The van der Waals surface area contributed by atoms with Crippen LogP contribution in [0.15, 0.2) is 24.4 Å². The Hall–Kier alpha value is -3.12. The molecule has 2 fully saturated rings. The number of carbonyl (C=O) groups excluding carboxylic acids is 3. The number of carbonyl (C=O) groups is 3. The van der Waals surface area contributed by atoms with Crippen molar-refractivity contribution in [2.75, 3.05) is 31.7 Å². The Kier molecular flexibility index (Phi) is 15.4. The van der Waals surface area contributed by atoms with Crippen LogP contribution in [0, 0.1) is 0 Å². The first kappa shape index (κ1) is 40.3. The van der Waals surface area contributed by atoms with Gasteiger partial charge in [-0.1, -0.05) is 6.07 Å². The average molecular weight is 706 g/mol. The predicted molar refractivity (Wildman–Crippen MR) is 164 cm³/mol. The van der Waals surface area contributed by atoms with Gasteiger partial charge in [0, 0.05) is 33.5 Å². The summed E-state index contributed by atoms with van der Waals surface area (Å²) in [6.07, 6.45) is -16.8. The zero-order valence-corrected chi connectivity index (χ0v) is 27.1. The minimum atomic E-state index is -1.82. The van der Waals surface area contributed by atoms with E-state index in [-0.39, 0.29) is 6.54 Å². The van der Waals surface area contributed by atoms with Gasteiger partial charge in [0.2, 0.25) is 17.7 Å². The van der Waals surface area contributed by atoms with Crippen molar-refractivity contribution in [3.63, 3.8) is 0 Å². The van der Waals surface area contributed by atoms with Crippen LogP contribution in [-0.2, 0) is 33.3 Å². The molecule has 12 N–H and O–H groups in total. The second-order valence-corrected chi connectivity index (χ2v) is 11.7. The second-order valence-electron chi connectivity index (χ2n) is 11.7. The van der Waals surface area contributed by atoms with E-state index >= 15 is 0 Å². The molecule has 0 aromatic carbocycles. The molecule has 20 nitrogen and oxygen atoms in total. The summed E-state index contributed by atoms with van der Waals surface area (Å²) in [7, 11) is 0. The third-order valence-corrected chi connectivity index (χ3v) is 7.93. The summed E-state index contributed by atoms with van der Waals surface area (Å²) in [4.78, 5) is 40.3. The van der Waals surface area contributed by atoms with E-state index in [9.17, 15) is 55.2 Å². The zero-order chi connectivity index (χ0) is 36.4. The Bertz CT molecular complexity index is 1200. The van der Waals surface area contributed by atoms with Crippen LogP contribution in [0.5, 0.6) is 0 Å². The Morgan fingerprint density at radius 1 is 0.857 bits per heavy atom. The van der Waals surface area contributed by atoms with E-state index in [1.54, 1.807) is 18.2 Å². The molecule has 2 aliphatic heterocycles. The lowest BCUT2D eigenvalue weighted by molar-refractivity contribution is -0.341. The van der Waals surface area contributed by atoms with Crippen molar-refractivity contribution >= 4 is 23.5 Å². The van der Waals surface area contributed by atoms with Gasteiger partial charge in [-0.05, 0) is 12.1 Å². The van der Waals surface area contributed by atoms with Crippen molar-refractivity contribution in [1.29, 1.82) is 0 Å². The fourth-order valence-electron chi connectivity index (χ4n) is 5.57. The molecule has 20 heteroatoms. The Morgan fingerprint density at radius 3 is 2.00 bits per heavy atom. The molecule has 0 aliphatic carbocycles. The summed E-state index contributed by atoms with van der Waals surface area (Å²) >= 11 is 0. The van der Waals surface area contributed by atoms with Crippen molar-refractivity contribution in [2.24, 2.45) is 0 Å². The van der Waals surface area contributed by atoms with Crippen molar-refractivity contribution in [3.8, 4) is 0 Å². The first-order valence-electron chi connectivity index (χ1n) is 15.5. The van der Waals surface area contributed by atoms with E-state index in [0.717, 1.165) is 13.8 Å². The Morgan fingerprint density at radius 2 is 1.47 bits per heavy atom. The number of aliphatic hydroxyl groups is 8. The maximum atomic E-state index is 12.3. The van der Waals surface area contributed by atoms with E-state index in [1.165, 1.54) is 13.1 Å². The number of aromatic nitrogens is 1. The molecular formula is C29H47N5O15. The minimum absolute atomic E-state index is 0.138. The molecule has 49 heavy (non-hydrogen) atoms. The van der Waals surface area contributed by atoms with Gasteiger partial charge >= 0.3 is 0 Å². The highest BCUT2D eigenvalue weighted by Crippen LogP contribution is 2.31. The summed E-state index contributed by atoms with van der Waals surface area (Å²) < 4.78 is 23.2. The van der Waals surface area contributed by atoms with Gasteiger partial charge in [0.1, 0.15) is 72.8 Å². The average Bonchev–Trinajstić information content (AvgIpc) is 3.06. The predicted octanol–water partition coefficient (Wildman–Crippen LogP) is -5.99. The van der Waals surface area contributed by atoms with Crippen LogP contribution in [0.25, 0.3) is 0 Å². The lowest BCUT2D eigenvalue weighted by Crippen LogP contribution is -2.70. The van der Waals surface area contributed by atoms with E-state index in [2.05, 4.69) is 26.3 Å². The molecule has 3 heterocycles. The van der Waals surface area contributed by atoms with Gasteiger partial charge in [-0.15, -0.1) is 0 Å².